The molecular formula is C15H23N3O4. The van der Waals surface area contributed by atoms with Gasteiger partial charge >= 0.3 is 0 Å². The number of rotatable bonds is 8. The number of aliphatic hydroxyl groups is 2. The minimum absolute atomic E-state index is 0.0486. The van der Waals surface area contributed by atoms with Crippen LogP contribution in [0.3, 0.4) is 0 Å². The SMILES string of the molecule is C=Cc1[nH]nc(C(=O)NCC(OC)C(O)C(C)O)c1/C=C\C. The number of ether oxygens (including phenoxy) is 1. The summed E-state index contributed by atoms with van der Waals surface area (Å²) in [5.74, 6) is -0.405. The van der Waals surface area contributed by atoms with Crippen LogP contribution < -0.4 is 5.32 Å². The topological polar surface area (TPSA) is 107 Å². The van der Waals surface area contributed by atoms with Crippen LogP contribution in [0.25, 0.3) is 12.2 Å². The lowest BCUT2D eigenvalue weighted by Crippen LogP contribution is -2.44. The second-order valence-corrected chi connectivity index (χ2v) is 4.82. The molecule has 0 radical (unpaired) electrons. The number of allylic oxidation sites excluding steroid dienone is 1. The van der Waals surface area contributed by atoms with Crippen molar-refractivity contribution >= 4 is 18.1 Å². The maximum atomic E-state index is 12.2. The Hall–Kier alpha value is -1.96. The normalized spacial score (nSPS) is 15.5. The first-order valence-electron chi connectivity index (χ1n) is 6.96. The molecule has 0 aliphatic rings. The molecule has 0 saturated carbocycles. The summed E-state index contributed by atoms with van der Waals surface area (Å²) in [6.45, 7) is 6.99. The molecule has 0 bridgehead atoms. The van der Waals surface area contributed by atoms with E-state index < -0.39 is 24.2 Å². The van der Waals surface area contributed by atoms with Gasteiger partial charge in [0.2, 0.25) is 0 Å². The fourth-order valence-electron chi connectivity index (χ4n) is 1.96. The van der Waals surface area contributed by atoms with Gasteiger partial charge in [0.15, 0.2) is 5.69 Å². The van der Waals surface area contributed by atoms with Gasteiger partial charge in [0.25, 0.3) is 5.91 Å². The first kappa shape index (κ1) is 18.1. The van der Waals surface area contributed by atoms with Gasteiger partial charge in [-0.1, -0.05) is 18.7 Å². The summed E-state index contributed by atoms with van der Waals surface area (Å²) in [6, 6.07) is 0. The number of hydrogen-bond acceptors (Lipinski definition) is 5. The van der Waals surface area contributed by atoms with E-state index in [1.54, 1.807) is 18.2 Å². The Kier molecular flexibility index (Phi) is 6.97. The zero-order chi connectivity index (χ0) is 16.7. The molecule has 0 fully saturated rings. The van der Waals surface area contributed by atoms with E-state index in [0.29, 0.717) is 11.3 Å². The molecule has 4 N–H and O–H groups in total. The Labute approximate surface area is 129 Å². The first-order valence-corrected chi connectivity index (χ1v) is 6.96. The highest BCUT2D eigenvalue weighted by Crippen LogP contribution is 2.15. The van der Waals surface area contributed by atoms with Gasteiger partial charge in [-0.05, 0) is 19.9 Å². The van der Waals surface area contributed by atoms with Crippen LogP contribution in [0.4, 0.5) is 0 Å². The summed E-state index contributed by atoms with van der Waals surface area (Å²) in [4.78, 5) is 12.2. The van der Waals surface area contributed by atoms with Gasteiger partial charge < -0.3 is 20.3 Å². The summed E-state index contributed by atoms with van der Waals surface area (Å²) in [7, 11) is 1.40. The smallest absolute Gasteiger partial charge is 0.272 e. The maximum Gasteiger partial charge on any atom is 0.272 e. The highest BCUT2D eigenvalue weighted by Gasteiger charge is 2.25. The monoisotopic (exact) mass is 309 g/mol. The van der Waals surface area contributed by atoms with Gasteiger partial charge in [0.05, 0.1) is 11.8 Å². The third-order valence-corrected chi connectivity index (χ3v) is 3.23. The van der Waals surface area contributed by atoms with E-state index in [4.69, 9.17) is 4.74 Å². The summed E-state index contributed by atoms with van der Waals surface area (Å²) in [6.07, 6.45) is 2.36. The second kappa shape index (κ2) is 8.47. The highest BCUT2D eigenvalue weighted by atomic mass is 16.5. The largest absolute Gasteiger partial charge is 0.391 e. The van der Waals surface area contributed by atoms with Crippen LogP contribution in [0.1, 0.15) is 35.6 Å². The van der Waals surface area contributed by atoms with E-state index in [2.05, 4.69) is 22.1 Å². The highest BCUT2D eigenvalue weighted by molar-refractivity contribution is 5.97. The Balaban J connectivity index is 2.81. The summed E-state index contributed by atoms with van der Waals surface area (Å²) < 4.78 is 5.08. The van der Waals surface area contributed by atoms with Gasteiger partial charge in [0.1, 0.15) is 12.2 Å². The van der Waals surface area contributed by atoms with E-state index in [1.165, 1.54) is 14.0 Å². The van der Waals surface area contributed by atoms with E-state index in [-0.39, 0.29) is 12.2 Å². The Morgan fingerprint density at radius 1 is 1.55 bits per heavy atom. The zero-order valence-electron chi connectivity index (χ0n) is 13.0. The fourth-order valence-corrected chi connectivity index (χ4v) is 1.96. The minimum atomic E-state index is -1.09. The molecule has 1 rings (SSSR count). The van der Waals surface area contributed by atoms with Gasteiger partial charge in [0, 0.05) is 19.2 Å². The molecule has 0 aliphatic heterocycles. The minimum Gasteiger partial charge on any atom is -0.391 e. The number of nitrogens with zero attached hydrogens (tertiary/aromatic N) is 1. The lowest BCUT2D eigenvalue weighted by molar-refractivity contribution is -0.0669. The van der Waals surface area contributed by atoms with Gasteiger partial charge in [-0.15, -0.1) is 0 Å². The van der Waals surface area contributed by atoms with Crippen molar-refractivity contribution in [3.05, 3.63) is 29.6 Å². The molecule has 3 unspecified atom stereocenters. The molecule has 0 aliphatic carbocycles. The summed E-state index contributed by atoms with van der Waals surface area (Å²) >= 11 is 0. The van der Waals surface area contributed by atoms with Crippen LogP contribution in [0, 0.1) is 0 Å². The molecule has 1 aromatic heterocycles. The zero-order valence-corrected chi connectivity index (χ0v) is 13.0. The van der Waals surface area contributed by atoms with Crippen molar-refractivity contribution < 1.29 is 19.7 Å². The van der Waals surface area contributed by atoms with Crippen LogP contribution in [0.2, 0.25) is 0 Å². The number of nitrogens with one attached hydrogen (secondary N) is 2. The average Bonchev–Trinajstić information content (AvgIpc) is 2.90. The number of H-pyrrole nitrogens is 1. The number of methoxy groups -OCH3 is 1. The third kappa shape index (κ3) is 4.27. The van der Waals surface area contributed by atoms with Crippen LogP contribution in [-0.4, -0.2) is 58.3 Å². The van der Waals surface area contributed by atoms with Crippen LogP contribution in [0.15, 0.2) is 12.7 Å². The predicted molar refractivity (Wildman–Crippen MR) is 84.2 cm³/mol. The van der Waals surface area contributed by atoms with Crippen molar-refractivity contribution in [2.75, 3.05) is 13.7 Å². The quantitative estimate of drug-likeness (QED) is 0.561. The van der Waals surface area contributed by atoms with E-state index in [0.717, 1.165) is 0 Å². The van der Waals surface area contributed by atoms with Crippen molar-refractivity contribution in [2.24, 2.45) is 0 Å². The number of aromatic amines is 1. The maximum absolute atomic E-state index is 12.2. The number of carbonyl (C=O) groups is 1. The summed E-state index contributed by atoms with van der Waals surface area (Å²) in [5, 5.41) is 28.5. The molecule has 1 amide bonds. The van der Waals surface area contributed by atoms with Crippen molar-refractivity contribution in [3.63, 3.8) is 0 Å². The van der Waals surface area contributed by atoms with Crippen molar-refractivity contribution in [3.8, 4) is 0 Å². The molecule has 22 heavy (non-hydrogen) atoms. The molecule has 0 aromatic carbocycles. The molecule has 3 atom stereocenters. The lowest BCUT2D eigenvalue weighted by Gasteiger charge is -2.23. The summed E-state index contributed by atoms with van der Waals surface area (Å²) in [5.41, 5.74) is 1.52. The van der Waals surface area contributed by atoms with Crippen molar-refractivity contribution in [1.29, 1.82) is 0 Å². The van der Waals surface area contributed by atoms with Gasteiger partial charge in [-0.2, -0.15) is 5.10 Å². The molecule has 1 heterocycles. The van der Waals surface area contributed by atoms with Crippen molar-refractivity contribution in [2.45, 2.75) is 32.2 Å². The number of amides is 1. The number of aliphatic hydroxyl groups excluding tert-OH is 2. The Morgan fingerprint density at radius 3 is 2.73 bits per heavy atom. The Morgan fingerprint density at radius 2 is 2.23 bits per heavy atom. The van der Waals surface area contributed by atoms with Crippen LogP contribution in [0.5, 0.6) is 0 Å². The second-order valence-electron chi connectivity index (χ2n) is 4.82. The molecule has 7 heteroatoms. The van der Waals surface area contributed by atoms with Gasteiger partial charge in [-0.25, -0.2) is 0 Å². The first-order chi connectivity index (χ1) is 10.5. The number of aromatic nitrogens is 2. The lowest BCUT2D eigenvalue weighted by atomic mass is 10.1. The van der Waals surface area contributed by atoms with E-state index in [9.17, 15) is 15.0 Å². The van der Waals surface area contributed by atoms with Gasteiger partial charge in [-0.3, -0.25) is 9.89 Å². The number of carbonyl (C=O) groups excluding carboxylic acids is 1. The molecule has 7 nitrogen and oxygen atoms in total. The molecule has 0 spiro atoms. The van der Waals surface area contributed by atoms with E-state index >= 15 is 0 Å². The standard InChI is InChI=1S/C15H23N3O4/c1-5-7-10-11(6-2)17-18-13(10)15(21)16-8-12(22-4)14(20)9(3)19/h5-7,9,12,14,19-20H,2,8H2,1,3-4H3,(H,16,21)(H,17,18)/b7-5-. The van der Waals surface area contributed by atoms with Crippen molar-refractivity contribution in [1.82, 2.24) is 15.5 Å². The third-order valence-electron chi connectivity index (χ3n) is 3.23. The molecule has 1 aromatic rings. The van der Waals surface area contributed by atoms with Crippen LogP contribution >= 0.6 is 0 Å². The van der Waals surface area contributed by atoms with Crippen LogP contribution in [-0.2, 0) is 4.74 Å². The predicted octanol–water partition coefficient (Wildman–Crippen LogP) is 0.572. The Bertz CT molecular complexity index is 537. The molecule has 0 saturated heterocycles. The molecular weight excluding hydrogens is 286 g/mol. The molecule has 122 valence electrons. The average molecular weight is 309 g/mol. The van der Waals surface area contributed by atoms with E-state index in [1.807, 2.05) is 6.92 Å². The fraction of sp³-hybridized carbons (Fsp3) is 0.467. The number of hydrogen-bond donors (Lipinski definition) is 4.